The summed E-state index contributed by atoms with van der Waals surface area (Å²) >= 11 is 4.35. The van der Waals surface area contributed by atoms with Gasteiger partial charge in [0.05, 0.1) is 13.0 Å². The van der Waals surface area contributed by atoms with Crippen LogP contribution in [-0.2, 0) is 9.53 Å². The zero-order valence-electron chi connectivity index (χ0n) is 6.75. The predicted octanol–water partition coefficient (Wildman–Crippen LogP) is 1.65. The van der Waals surface area contributed by atoms with Gasteiger partial charge < -0.3 is 4.74 Å². The largest absolute Gasteiger partial charge is 0.469 e. The number of hydrogen-bond acceptors (Lipinski definition) is 3. The highest BCUT2D eigenvalue weighted by atomic mass is 32.1. The van der Waals surface area contributed by atoms with E-state index >= 15 is 0 Å². The number of carbonyl (C=O) groups is 1. The highest BCUT2D eigenvalue weighted by molar-refractivity contribution is 7.80. The molecule has 0 amide bonds. The Balaban J connectivity index is 2.39. The molecule has 2 atom stereocenters. The summed E-state index contributed by atoms with van der Waals surface area (Å²) in [6.45, 7) is 0. The fourth-order valence-corrected chi connectivity index (χ4v) is 1.98. The van der Waals surface area contributed by atoms with Crippen LogP contribution in [0.4, 0.5) is 0 Å². The predicted molar refractivity (Wildman–Crippen MR) is 46.7 cm³/mol. The summed E-state index contributed by atoms with van der Waals surface area (Å²) < 4.78 is 4.67. The van der Waals surface area contributed by atoms with Crippen LogP contribution >= 0.6 is 12.6 Å². The fourth-order valence-electron chi connectivity index (χ4n) is 1.54. The number of methoxy groups -OCH3 is 1. The highest BCUT2D eigenvalue weighted by Crippen LogP contribution is 2.27. The van der Waals surface area contributed by atoms with Gasteiger partial charge in [-0.2, -0.15) is 12.6 Å². The second-order valence-corrected chi connectivity index (χ2v) is 3.77. The summed E-state index contributed by atoms with van der Waals surface area (Å²) in [6, 6.07) is 0. The Hall–Kier alpha value is -0.180. The Bertz CT molecular complexity index is 147. The van der Waals surface area contributed by atoms with Gasteiger partial charge in [0.2, 0.25) is 0 Å². The van der Waals surface area contributed by atoms with Gasteiger partial charge in [-0.25, -0.2) is 0 Å². The number of thiol groups is 1. The third-order valence-electron chi connectivity index (χ3n) is 2.18. The quantitative estimate of drug-likeness (QED) is 0.483. The molecule has 1 aliphatic rings. The van der Waals surface area contributed by atoms with Crippen LogP contribution in [-0.4, -0.2) is 18.3 Å². The van der Waals surface area contributed by atoms with Gasteiger partial charge in [-0.3, -0.25) is 4.79 Å². The van der Waals surface area contributed by atoms with Crippen LogP contribution in [0.3, 0.4) is 0 Å². The van der Waals surface area contributed by atoms with Crippen LogP contribution in [0.15, 0.2) is 0 Å². The number of hydrogen-bond donors (Lipinski definition) is 1. The average Bonchev–Trinajstić information content (AvgIpc) is 2.03. The van der Waals surface area contributed by atoms with Gasteiger partial charge in [-0.15, -0.1) is 0 Å². The molecule has 11 heavy (non-hydrogen) atoms. The van der Waals surface area contributed by atoms with E-state index in [1.165, 1.54) is 7.11 Å². The standard InChI is InChI=1S/C8H14O2S/c1-10-8(9)6-3-2-4-7(11)5-6/h6-7,11H,2-5H2,1H3/t6-,7-/m1/s1. The molecule has 0 aromatic heterocycles. The Labute approximate surface area is 72.7 Å². The van der Waals surface area contributed by atoms with Crippen LogP contribution in [0.1, 0.15) is 25.7 Å². The molecule has 2 nitrogen and oxygen atoms in total. The molecule has 0 heterocycles. The van der Waals surface area contributed by atoms with Crippen LogP contribution < -0.4 is 0 Å². The molecule has 1 saturated carbocycles. The van der Waals surface area contributed by atoms with E-state index in [9.17, 15) is 4.79 Å². The minimum absolute atomic E-state index is 0.0660. The number of esters is 1. The molecular formula is C8H14O2S. The van der Waals surface area contributed by atoms with Crippen molar-refractivity contribution in [1.29, 1.82) is 0 Å². The molecule has 0 N–H and O–H groups in total. The lowest BCUT2D eigenvalue weighted by Crippen LogP contribution is -2.24. The van der Waals surface area contributed by atoms with E-state index in [-0.39, 0.29) is 11.9 Å². The average molecular weight is 174 g/mol. The monoisotopic (exact) mass is 174 g/mol. The van der Waals surface area contributed by atoms with Crippen LogP contribution in [0.2, 0.25) is 0 Å². The summed E-state index contributed by atoms with van der Waals surface area (Å²) in [6.07, 6.45) is 4.10. The lowest BCUT2D eigenvalue weighted by Gasteiger charge is -2.23. The Morgan fingerprint density at radius 1 is 1.55 bits per heavy atom. The maximum Gasteiger partial charge on any atom is 0.308 e. The first-order valence-electron chi connectivity index (χ1n) is 4.00. The van der Waals surface area contributed by atoms with Crippen molar-refractivity contribution in [2.24, 2.45) is 5.92 Å². The van der Waals surface area contributed by atoms with Gasteiger partial charge in [-0.05, 0) is 19.3 Å². The van der Waals surface area contributed by atoms with Gasteiger partial charge in [0.1, 0.15) is 0 Å². The lowest BCUT2D eigenvalue weighted by molar-refractivity contribution is -0.146. The Kier molecular flexibility index (Phi) is 3.24. The van der Waals surface area contributed by atoms with Crippen molar-refractivity contribution < 1.29 is 9.53 Å². The summed E-state index contributed by atoms with van der Waals surface area (Å²) in [7, 11) is 1.45. The highest BCUT2D eigenvalue weighted by Gasteiger charge is 2.25. The summed E-state index contributed by atoms with van der Waals surface area (Å²) in [4.78, 5) is 11.1. The van der Waals surface area contributed by atoms with Crippen molar-refractivity contribution in [2.75, 3.05) is 7.11 Å². The van der Waals surface area contributed by atoms with E-state index in [4.69, 9.17) is 0 Å². The first-order valence-corrected chi connectivity index (χ1v) is 4.51. The van der Waals surface area contributed by atoms with E-state index in [1.54, 1.807) is 0 Å². The summed E-state index contributed by atoms with van der Waals surface area (Å²) in [5, 5.41) is 0.396. The van der Waals surface area contributed by atoms with Crippen LogP contribution in [0, 0.1) is 5.92 Å². The van der Waals surface area contributed by atoms with Crippen LogP contribution in [0.25, 0.3) is 0 Å². The second-order valence-electron chi connectivity index (χ2n) is 3.04. The third kappa shape index (κ3) is 2.40. The molecule has 3 heteroatoms. The topological polar surface area (TPSA) is 26.3 Å². The molecule has 0 saturated heterocycles. The van der Waals surface area contributed by atoms with E-state index < -0.39 is 0 Å². The van der Waals surface area contributed by atoms with Crippen molar-refractivity contribution >= 4 is 18.6 Å². The SMILES string of the molecule is COC(=O)[C@@H]1CCC[C@@H](S)C1. The van der Waals surface area contributed by atoms with Gasteiger partial charge in [0, 0.05) is 5.25 Å². The van der Waals surface area contributed by atoms with Crippen molar-refractivity contribution in [3.05, 3.63) is 0 Å². The van der Waals surface area contributed by atoms with Crippen molar-refractivity contribution in [3.63, 3.8) is 0 Å². The fraction of sp³-hybridized carbons (Fsp3) is 0.875. The molecule has 0 unspecified atom stereocenters. The van der Waals surface area contributed by atoms with E-state index in [2.05, 4.69) is 17.4 Å². The normalized spacial score (nSPS) is 31.5. The molecule has 1 fully saturated rings. The Morgan fingerprint density at radius 3 is 2.82 bits per heavy atom. The van der Waals surface area contributed by atoms with Crippen molar-refractivity contribution in [2.45, 2.75) is 30.9 Å². The Morgan fingerprint density at radius 2 is 2.27 bits per heavy atom. The molecule has 0 aliphatic heterocycles. The molecule has 0 bridgehead atoms. The zero-order chi connectivity index (χ0) is 8.27. The van der Waals surface area contributed by atoms with Crippen molar-refractivity contribution in [3.8, 4) is 0 Å². The molecule has 1 aliphatic carbocycles. The summed E-state index contributed by atoms with van der Waals surface area (Å²) in [5.74, 6) is 0.0417. The maximum absolute atomic E-state index is 11.1. The molecule has 1 rings (SSSR count). The minimum Gasteiger partial charge on any atom is -0.469 e. The zero-order valence-corrected chi connectivity index (χ0v) is 7.64. The minimum atomic E-state index is -0.0660. The van der Waals surface area contributed by atoms with E-state index in [0.717, 1.165) is 25.7 Å². The first-order chi connectivity index (χ1) is 5.24. The molecule has 64 valence electrons. The van der Waals surface area contributed by atoms with E-state index in [1.807, 2.05) is 0 Å². The lowest BCUT2D eigenvalue weighted by atomic mass is 9.89. The maximum atomic E-state index is 11.1. The number of carbonyl (C=O) groups excluding carboxylic acids is 1. The summed E-state index contributed by atoms with van der Waals surface area (Å²) in [5.41, 5.74) is 0. The third-order valence-corrected chi connectivity index (χ3v) is 2.65. The van der Waals surface area contributed by atoms with Gasteiger partial charge >= 0.3 is 5.97 Å². The van der Waals surface area contributed by atoms with Gasteiger partial charge in [0.25, 0.3) is 0 Å². The first kappa shape index (κ1) is 8.91. The number of rotatable bonds is 1. The van der Waals surface area contributed by atoms with Crippen molar-refractivity contribution in [1.82, 2.24) is 0 Å². The van der Waals surface area contributed by atoms with Gasteiger partial charge in [-0.1, -0.05) is 6.42 Å². The number of ether oxygens (including phenoxy) is 1. The smallest absolute Gasteiger partial charge is 0.308 e. The van der Waals surface area contributed by atoms with Crippen LogP contribution in [0.5, 0.6) is 0 Å². The second kappa shape index (κ2) is 4.00. The van der Waals surface area contributed by atoms with Gasteiger partial charge in [0.15, 0.2) is 0 Å². The molecular weight excluding hydrogens is 160 g/mol. The molecule has 0 spiro atoms. The molecule has 0 aromatic rings. The van der Waals surface area contributed by atoms with E-state index in [0.29, 0.717) is 5.25 Å². The molecule has 0 radical (unpaired) electrons. The molecule has 0 aromatic carbocycles.